The first kappa shape index (κ1) is 11.0. The monoisotopic (exact) mass is 231 g/mol. The van der Waals surface area contributed by atoms with Crippen LogP contribution in [0.25, 0.3) is 10.9 Å². The zero-order valence-electron chi connectivity index (χ0n) is 8.26. The van der Waals surface area contributed by atoms with Gasteiger partial charge in [0.1, 0.15) is 5.82 Å². The molecule has 0 unspecified atom stereocenters. The zero-order valence-corrected chi connectivity index (χ0v) is 8.26. The highest BCUT2D eigenvalue weighted by Gasteiger charge is 2.26. The molecule has 0 N–H and O–H groups in total. The lowest BCUT2D eigenvalue weighted by Crippen LogP contribution is -2.11. The van der Waals surface area contributed by atoms with Gasteiger partial charge in [-0.05, 0) is 24.3 Å². The standard InChI is InChI=1S/C11H9F4N/c12-9-1-2-10-8(7-9)3-5-16(10)6-4-11(13,14)15/h1-3,5,7H,4,6H2. The maximum absolute atomic E-state index is 12.8. The van der Waals surface area contributed by atoms with Gasteiger partial charge in [0.2, 0.25) is 0 Å². The van der Waals surface area contributed by atoms with Gasteiger partial charge >= 0.3 is 6.18 Å². The summed E-state index contributed by atoms with van der Waals surface area (Å²) in [5.74, 6) is -0.388. The van der Waals surface area contributed by atoms with Gasteiger partial charge in [0.05, 0.1) is 6.42 Å². The number of alkyl halides is 3. The second-order valence-electron chi connectivity index (χ2n) is 3.58. The minimum Gasteiger partial charge on any atom is -0.347 e. The third-order valence-corrected chi connectivity index (χ3v) is 2.37. The highest BCUT2D eigenvalue weighted by molar-refractivity contribution is 5.80. The van der Waals surface area contributed by atoms with Crippen molar-refractivity contribution in [3.05, 3.63) is 36.3 Å². The maximum Gasteiger partial charge on any atom is 0.390 e. The smallest absolute Gasteiger partial charge is 0.347 e. The number of hydrogen-bond acceptors (Lipinski definition) is 0. The molecule has 0 spiro atoms. The van der Waals surface area contributed by atoms with Crippen LogP contribution in [-0.4, -0.2) is 10.7 Å². The molecule has 0 aliphatic carbocycles. The lowest BCUT2D eigenvalue weighted by atomic mass is 10.2. The zero-order chi connectivity index (χ0) is 11.8. The molecule has 86 valence electrons. The van der Waals surface area contributed by atoms with Gasteiger partial charge in [-0.25, -0.2) is 4.39 Å². The van der Waals surface area contributed by atoms with E-state index >= 15 is 0 Å². The first-order valence-electron chi connectivity index (χ1n) is 4.77. The molecule has 1 aromatic carbocycles. The van der Waals surface area contributed by atoms with Crippen LogP contribution in [0.3, 0.4) is 0 Å². The molecule has 1 heterocycles. The molecule has 0 fully saturated rings. The Hall–Kier alpha value is -1.52. The van der Waals surface area contributed by atoms with Crippen LogP contribution >= 0.6 is 0 Å². The highest BCUT2D eigenvalue weighted by Crippen LogP contribution is 2.23. The molecule has 0 atom stereocenters. The van der Waals surface area contributed by atoms with Crippen molar-refractivity contribution >= 4 is 10.9 Å². The summed E-state index contributed by atoms with van der Waals surface area (Å²) in [6, 6.07) is 5.64. The molecule has 16 heavy (non-hydrogen) atoms. The first-order chi connectivity index (χ1) is 7.46. The molecule has 0 saturated heterocycles. The Balaban J connectivity index is 2.25. The van der Waals surface area contributed by atoms with Crippen LogP contribution < -0.4 is 0 Å². The van der Waals surface area contributed by atoms with Gasteiger partial charge in [-0.2, -0.15) is 13.2 Å². The van der Waals surface area contributed by atoms with Crippen LogP contribution in [0.1, 0.15) is 6.42 Å². The second kappa shape index (κ2) is 3.81. The molecule has 0 amide bonds. The Kier molecular flexibility index (Phi) is 2.61. The van der Waals surface area contributed by atoms with E-state index in [1.165, 1.54) is 29.0 Å². The normalized spacial score (nSPS) is 12.2. The van der Waals surface area contributed by atoms with Gasteiger partial charge < -0.3 is 4.57 Å². The quantitative estimate of drug-likeness (QED) is 0.694. The van der Waals surface area contributed by atoms with Crippen LogP contribution in [0.15, 0.2) is 30.5 Å². The summed E-state index contributed by atoms with van der Waals surface area (Å²) in [5.41, 5.74) is 0.616. The summed E-state index contributed by atoms with van der Waals surface area (Å²) in [6.07, 6.45) is -3.51. The molecule has 5 heteroatoms. The minimum atomic E-state index is -4.17. The number of aryl methyl sites for hydroxylation is 1. The number of nitrogens with zero attached hydrogens (tertiary/aromatic N) is 1. The van der Waals surface area contributed by atoms with E-state index < -0.39 is 12.6 Å². The fourth-order valence-electron chi connectivity index (χ4n) is 1.61. The topological polar surface area (TPSA) is 4.93 Å². The SMILES string of the molecule is Fc1ccc2c(ccn2CCC(F)(F)F)c1. The van der Waals surface area contributed by atoms with Gasteiger partial charge in [-0.15, -0.1) is 0 Å². The summed E-state index contributed by atoms with van der Waals surface area (Å²) in [5, 5.41) is 0.613. The number of halogens is 4. The van der Waals surface area contributed by atoms with E-state index in [9.17, 15) is 17.6 Å². The predicted molar refractivity (Wildman–Crippen MR) is 52.6 cm³/mol. The third kappa shape index (κ3) is 2.35. The summed E-state index contributed by atoms with van der Waals surface area (Å²) < 4.78 is 50.4. The lowest BCUT2D eigenvalue weighted by Gasteiger charge is -2.08. The molecule has 0 aliphatic rings. The van der Waals surface area contributed by atoms with Crippen molar-refractivity contribution in [1.29, 1.82) is 0 Å². The lowest BCUT2D eigenvalue weighted by molar-refractivity contribution is -0.136. The van der Waals surface area contributed by atoms with Crippen molar-refractivity contribution in [3.8, 4) is 0 Å². The summed E-state index contributed by atoms with van der Waals surface area (Å²) >= 11 is 0. The average molecular weight is 231 g/mol. The molecule has 0 radical (unpaired) electrons. The van der Waals surface area contributed by atoms with E-state index in [0.717, 1.165) is 0 Å². The van der Waals surface area contributed by atoms with E-state index in [1.54, 1.807) is 6.07 Å². The molecule has 0 saturated carbocycles. The van der Waals surface area contributed by atoms with E-state index in [2.05, 4.69) is 0 Å². The summed E-state index contributed by atoms with van der Waals surface area (Å²) in [6.45, 7) is -0.140. The Labute approximate surface area is 89.3 Å². The van der Waals surface area contributed by atoms with Crippen molar-refractivity contribution in [3.63, 3.8) is 0 Å². The number of aromatic nitrogens is 1. The van der Waals surface area contributed by atoms with Crippen LogP contribution in [0.2, 0.25) is 0 Å². The molecule has 1 nitrogen and oxygen atoms in total. The van der Waals surface area contributed by atoms with Gasteiger partial charge in [-0.3, -0.25) is 0 Å². The molecule has 2 rings (SSSR count). The Morgan fingerprint density at radius 2 is 1.88 bits per heavy atom. The Morgan fingerprint density at radius 3 is 2.56 bits per heavy atom. The number of fused-ring (bicyclic) bond motifs is 1. The van der Waals surface area contributed by atoms with Crippen molar-refractivity contribution in [1.82, 2.24) is 4.57 Å². The van der Waals surface area contributed by atoms with Crippen molar-refractivity contribution < 1.29 is 17.6 Å². The number of hydrogen-bond donors (Lipinski definition) is 0. The maximum atomic E-state index is 12.8. The van der Waals surface area contributed by atoms with Crippen molar-refractivity contribution in [2.24, 2.45) is 0 Å². The van der Waals surface area contributed by atoms with Gasteiger partial charge in [0, 0.05) is 23.6 Å². The minimum absolute atomic E-state index is 0.140. The van der Waals surface area contributed by atoms with Gasteiger partial charge in [0.15, 0.2) is 0 Å². The Morgan fingerprint density at radius 1 is 1.12 bits per heavy atom. The van der Waals surface area contributed by atoms with Crippen LogP contribution in [-0.2, 0) is 6.54 Å². The highest BCUT2D eigenvalue weighted by atomic mass is 19.4. The largest absolute Gasteiger partial charge is 0.390 e. The van der Waals surface area contributed by atoms with Crippen molar-refractivity contribution in [2.45, 2.75) is 19.1 Å². The van der Waals surface area contributed by atoms with Crippen molar-refractivity contribution in [2.75, 3.05) is 0 Å². The van der Waals surface area contributed by atoms with E-state index in [-0.39, 0.29) is 12.4 Å². The fraction of sp³-hybridized carbons (Fsp3) is 0.273. The summed E-state index contributed by atoms with van der Waals surface area (Å²) in [4.78, 5) is 0. The molecular weight excluding hydrogens is 222 g/mol. The molecule has 2 aromatic rings. The second-order valence-corrected chi connectivity index (χ2v) is 3.58. The molecule has 0 bridgehead atoms. The predicted octanol–water partition coefficient (Wildman–Crippen LogP) is 3.73. The first-order valence-corrected chi connectivity index (χ1v) is 4.77. The van der Waals surface area contributed by atoms with Gasteiger partial charge in [-0.1, -0.05) is 0 Å². The van der Waals surface area contributed by atoms with Crippen LogP contribution in [0.4, 0.5) is 17.6 Å². The summed E-state index contributed by atoms with van der Waals surface area (Å²) in [7, 11) is 0. The molecular formula is C11H9F4N. The van der Waals surface area contributed by atoms with E-state index in [4.69, 9.17) is 0 Å². The molecule has 0 aliphatic heterocycles. The number of rotatable bonds is 2. The number of benzene rings is 1. The molecule has 1 aromatic heterocycles. The Bertz CT molecular complexity index is 498. The van der Waals surface area contributed by atoms with Crippen LogP contribution in [0.5, 0.6) is 0 Å². The van der Waals surface area contributed by atoms with Gasteiger partial charge in [0.25, 0.3) is 0 Å². The average Bonchev–Trinajstić information content (AvgIpc) is 2.56. The van der Waals surface area contributed by atoms with E-state index in [0.29, 0.717) is 10.9 Å². The van der Waals surface area contributed by atoms with E-state index in [1.807, 2.05) is 0 Å². The third-order valence-electron chi connectivity index (χ3n) is 2.37. The van der Waals surface area contributed by atoms with Crippen LogP contribution in [0, 0.1) is 5.82 Å². The fourth-order valence-corrected chi connectivity index (χ4v) is 1.61.